The van der Waals surface area contributed by atoms with E-state index >= 15 is 0 Å². The van der Waals surface area contributed by atoms with Gasteiger partial charge in [-0.3, -0.25) is 0 Å². The van der Waals surface area contributed by atoms with Crippen molar-refractivity contribution in [2.24, 2.45) is 0 Å². The maximum absolute atomic E-state index is 13.0. The molecule has 5 rings (SSSR count). The second-order valence-electron chi connectivity index (χ2n) is 9.42. The number of oxazole rings is 1. The van der Waals surface area contributed by atoms with Crippen LogP contribution in [-0.2, 0) is 13.0 Å². The molecule has 0 saturated heterocycles. The molecular formula is C31H33N3O4. The van der Waals surface area contributed by atoms with Gasteiger partial charge in [-0.15, -0.1) is 0 Å². The summed E-state index contributed by atoms with van der Waals surface area (Å²) in [6.45, 7) is 5.42. The van der Waals surface area contributed by atoms with Crippen LogP contribution in [0.4, 0.5) is 10.5 Å². The van der Waals surface area contributed by atoms with E-state index in [9.17, 15) is 4.79 Å². The quantitative estimate of drug-likeness (QED) is 0.238. The summed E-state index contributed by atoms with van der Waals surface area (Å²) in [5.41, 5.74) is 3.57. The van der Waals surface area contributed by atoms with Crippen LogP contribution in [0.25, 0.3) is 11.5 Å². The van der Waals surface area contributed by atoms with E-state index in [4.69, 9.17) is 13.9 Å². The molecule has 7 nitrogen and oxygen atoms in total. The Hall–Kier alpha value is -4.26. The zero-order chi connectivity index (χ0) is 26.3. The Bertz CT molecular complexity index is 1360. The average molecular weight is 512 g/mol. The summed E-state index contributed by atoms with van der Waals surface area (Å²) < 4.78 is 17.7. The first-order chi connectivity index (χ1) is 18.6. The van der Waals surface area contributed by atoms with Crippen molar-refractivity contribution >= 4 is 11.7 Å². The molecule has 0 radical (unpaired) electrons. The summed E-state index contributed by atoms with van der Waals surface area (Å²) in [4.78, 5) is 19.4. The zero-order valence-corrected chi connectivity index (χ0v) is 21.9. The third-order valence-corrected chi connectivity index (χ3v) is 6.37. The molecule has 1 aromatic heterocycles. The Morgan fingerprint density at radius 3 is 2.61 bits per heavy atom. The van der Waals surface area contributed by atoms with Crippen molar-refractivity contribution in [2.75, 3.05) is 18.5 Å². The Morgan fingerprint density at radius 1 is 1.03 bits per heavy atom. The second kappa shape index (κ2) is 11.9. The number of hydrogen-bond acceptors (Lipinski definition) is 5. The third-order valence-electron chi connectivity index (χ3n) is 6.37. The van der Waals surface area contributed by atoms with Gasteiger partial charge < -0.3 is 24.1 Å². The van der Waals surface area contributed by atoms with Crippen molar-refractivity contribution in [1.29, 1.82) is 0 Å². The number of ether oxygens (including phenoxy) is 2. The van der Waals surface area contributed by atoms with Crippen LogP contribution in [0.15, 0.2) is 83.3 Å². The van der Waals surface area contributed by atoms with Crippen LogP contribution in [0.1, 0.15) is 36.8 Å². The van der Waals surface area contributed by atoms with Crippen molar-refractivity contribution in [2.45, 2.75) is 45.8 Å². The summed E-state index contributed by atoms with van der Waals surface area (Å²) in [5.74, 6) is 2.97. The first kappa shape index (κ1) is 25.4. The lowest BCUT2D eigenvalue weighted by Gasteiger charge is -2.22. The smallest absolute Gasteiger partial charge is 0.322 e. The van der Waals surface area contributed by atoms with Gasteiger partial charge in [0.1, 0.15) is 17.3 Å². The fourth-order valence-corrected chi connectivity index (χ4v) is 4.14. The molecule has 0 bridgehead atoms. The maximum atomic E-state index is 13.0. The molecule has 0 spiro atoms. The van der Waals surface area contributed by atoms with Crippen molar-refractivity contribution in [1.82, 2.24) is 9.88 Å². The molecule has 1 saturated carbocycles. The Morgan fingerprint density at radius 2 is 1.82 bits per heavy atom. The number of hydrogen-bond donors (Lipinski definition) is 1. The first-order valence-electron chi connectivity index (χ1n) is 13.1. The van der Waals surface area contributed by atoms with Gasteiger partial charge in [0, 0.05) is 36.8 Å². The standard InChI is InChI=1S/C31H33N3O4/c1-3-34(31(35)32-25-12-8-14-28(20-25)38-26-15-16-26)21-23-9-7-13-27(19-23)36-18-17-29-22(2)37-30(33-29)24-10-5-4-6-11-24/h4-14,19-20,26H,3,15-18,21H2,1-2H3,(H,32,35). The fraction of sp³-hybridized carbons (Fsp3) is 0.290. The molecule has 0 atom stereocenters. The molecule has 196 valence electrons. The summed E-state index contributed by atoms with van der Waals surface area (Å²) in [5, 5.41) is 2.99. The van der Waals surface area contributed by atoms with Crippen LogP contribution < -0.4 is 14.8 Å². The van der Waals surface area contributed by atoms with E-state index in [1.165, 1.54) is 0 Å². The monoisotopic (exact) mass is 511 g/mol. The summed E-state index contributed by atoms with van der Waals surface area (Å²) in [7, 11) is 0. The molecule has 1 aliphatic carbocycles. The highest BCUT2D eigenvalue weighted by Crippen LogP contribution is 2.28. The van der Waals surface area contributed by atoms with Crippen LogP contribution >= 0.6 is 0 Å². The molecule has 3 aromatic carbocycles. The van der Waals surface area contributed by atoms with E-state index in [1.54, 1.807) is 4.90 Å². The molecule has 7 heteroatoms. The van der Waals surface area contributed by atoms with Crippen molar-refractivity contribution in [3.05, 3.63) is 95.9 Å². The zero-order valence-electron chi connectivity index (χ0n) is 21.9. The predicted molar refractivity (Wildman–Crippen MR) is 148 cm³/mol. The van der Waals surface area contributed by atoms with Crippen molar-refractivity contribution < 1.29 is 18.7 Å². The van der Waals surface area contributed by atoms with Gasteiger partial charge in [0.05, 0.1) is 18.4 Å². The van der Waals surface area contributed by atoms with Gasteiger partial charge in [-0.25, -0.2) is 9.78 Å². The number of urea groups is 1. The number of benzene rings is 3. The highest BCUT2D eigenvalue weighted by Gasteiger charge is 2.23. The third kappa shape index (κ3) is 6.73. The van der Waals surface area contributed by atoms with Gasteiger partial charge in [0.2, 0.25) is 5.89 Å². The molecule has 4 aromatic rings. The number of amides is 2. The van der Waals surface area contributed by atoms with Crippen molar-refractivity contribution in [3.8, 4) is 23.0 Å². The highest BCUT2D eigenvalue weighted by atomic mass is 16.5. The largest absolute Gasteiger partial charge is 0.493 e. The number of aromatic nitrogens is 1. The van der Waals surface area contributed by atoms with E-state index in [0.29, 0.717) is 38.1 Å². The minimum absolute atomic E-state index is 0.155. The minimum atomic E-state index is -0.155. The Labute approximate surface area is 223 Å². The summed E-state index contributed by atoms with van der Waals surface area (Å²) in [6.07, 6.45) is 3.14. The lowest BCUT2D eigenvalue weighted by Crippen LogP contribution is -2.34. The molecule has 38 heavy (non-hydrogen) atoms. The molecule has 1 fully saturated rings. The van der Waals surface area contributed by atoms with Gasteiger partial charge in [0.25, 0.3) is 0 Å². The van der Waals surface area contributed by atoms with Gasteiger partial charge in [0.15, 0.2) is 0 Å². The van der Waals surface area contributed by atoms with Gasteiger partial charge in [-0.1, -0.05) is 36.4 Å². The SMILES string of the molecule is CCN(Cc1cccc(OCCc2nc(-c3ccccc3)oc2C)c1)C(=O)Nc1cccc(OC2CC2)c1. The molecule has 1 N–H and O–H groups in total. The number of aryl methyl sites for hydroxylation is 1. The van der Waals surface area contributed by atoms with Gasteiger partial charge in [-0.05, 0) is 68.7 Å². The molecule has 0 aliphatic heterocycles. The van der Waals surface area contributed by atoms with E-state index in [0.717, 1.165) is 52.6 Å². The lowest BCUT2D eigenvalue weighted by atomic mass is 10.2. The minimum Gasteiger partial charge on any atom is -0.493 e. The van der Waals surface area contributed by atoms with Gasteiger partial charge in [-0.2, -0.15) is 0 Å². The van der Waals surface area contributed by atoms with Crippen LogP contribution in [0.5, 0.6) is 11.5 Å². The van der Waals surface area contributed by atoms with Crippen LogP contribution in [0, 0.1) is 6.92 Å². The Balaban J connectivity index is 1.15. The molecule has 1 heterocycles. The first-order valence-corrected chi connectivity index (χ1v) is 13.1. The second-order valence-corrected chi connectivity index (χ2v) is 9.42. The Kier molecular flexibility index (Phi) is 7.92. The van der Waals surface area contributed by atoms with Gasteiger partial charge >= 0.3 is 6.03 Å². The van der Waals surface area contributed by atoms with Crippen LogP contribution in [-0.4, -0.2) is 35.2 Å². The van der Waals surface area contributed by atoms with Crippen LogP contribution in [0.3, 0.4) is 0 Å². The molecular weight excluding hydrogens is 478 g/mol. The van der Waals surface area contributed by atoms with E-state index < -0.39 is 0 Å². The predicted octanol–water partition coefficient (Wildman–Crippen LogP) is 6.87. The molecule has 0 unspecified atom stereocenters. The topological polar surface area (TPSA) is 76.8 Å². The van der Waals surface area contributed by atoms with Crippen molar-refractivity contribution in [3.63, 3.8) is 0 Å². The van der Waals surface area contributed by atoms with E-state index in [2.05, 4.69) is 10.3 Å². The van der Waals surface area contributed by atoms with Crippen LogP contribution in [0.2, 0.25) is 0 Å². The molecule has 2 amide bonds. The lowest BCUT2D eigenvalue weighted by molar-refractivity contribution is 0.212. The number of nitrogens with zero attached hydrogens (tertiary/aromatic N) is 2. The summed E-state index contributed by atoms with van der Waals surface area (Å²) >= 11 is 0. The number of carbonyl (C=O) groups is 1. The number of nitrogens with one attached hydrogen (secondary N) is 1. The maximum Gasteiger partial charge on any atom is 0.322 e. The summed E-state index contributed by atoms with van der Waals surface area (Å²) in [6, 6.07) is 25.1. The highest BCUT2D eigenvalue weighted by molar-refractivity contribution is 5.89. The fourth-order valence-electron chi connectivity index (χ4n) is 4.14. The van der Waals surface area contributed by atoms with E-state index in [1.807, 2.05) is 92.7 Å². The normalized spacial score (nSPS) is 12.7. The number of carbonyl (C=O) groups excluding carboxylic acids is 1. The number of rotatable bonds is 11. The number of anilines is 1. The van der Waals surface area contributed by atoms with E-state index in [-0.39, 0.29) is 6.03 Å². The average Bonchev–Trinajstić information content (AvgIpc) is 3.67. The molecule has 1 aliphatic rings.